The second kappa shape index (κ2) is 20.6. The van der Waals surface area contributed by atoms with Crippen LogP contribution in [0.1, 0.15) is 112 Å². The van der Waals surface area contributed by atoms with Gasteiger partial charge in [0.1, 0.15) is 5.78 Å². The molecule has 0 radical (unpaired) electrons. The van der Waals surface area contributed by atoms with Gasteiger partial charge in [0.25, 0.3) is 0 Å². The van der Waals surface area contributed by atoms with Crippen molar-refractivity contribution in [2.75, 3.05) is 13.2 Å². The average Bonchev–Trinajstić information content (AvgIpc) is 3.29. The Morgan fingerprint density at radius 3 is 2.00 bits per heavy atom. The fraction of sp³-hybridized carbons (Fsp3) is 0.705. The molecule has 0 saturated carbocycles. The molecule has 0 amide bonds. The van der Waals surface area contributed by atoms with Gasteiger partial charge in [0.05, 0.1) is 61.3 Å². The van der Waals surface area contributed by atoms with E-state index in [0.717, 1.165) is 23.2 Å². The highest BCUT2D eigenvalue weighted by molar-refractivity contribution is 9.10. The molecule has 2 aromatic carbocycles. The third-order valence-electron chi connectivity index (χ3n) is 11.9. The highest BCUT2D eigenvalue weighted by atomic mass is 79.9. The summed E-state index contributed by atoms with van der Waals surface area (Å²) in [5.41, 5.74) is 2.62. The largest absolute Gasteiger partial charge is 0.409 e. The van der Waals surface area contributed by atoms with Crippen LogP contribution in [-0.4, -0.2) is 82.4 Å². The summed E-state index contributed by atoms with van der Waals surface area (Å²) in [5.74, 6) is -0.0160. The molecule has 1 unspecified atom stereocenters. The summed E-state index contributed by atoms with van der Waals surface area (Å²) in [7, 11) is -4.96. The molecule has 11 heteroatoms. The van der Waals surface area contributed by atoms with Crippen LogP contribution in [0.5, 0.6) is 0 Å². The van der Waals surface area contributed by atoms with Gasteiger partial charge >= 0.3 is 8.56 Å². The summed E-state index contributed by atoms with van der Waals surface area (Å²) < 4.78 is 40.6. The zero-order valence-electron chi connectivity index (χ0n) is 35.4. The molecule has 310 valence electrons. The van der Waals surface area contributed by atoms with E-state index in [-0.39, 0.29) is 46.7 Å². The van der Waals surface area contributed by atoms with Crippen molar-refractivity contribution in [3.8, 4) is 0 Å². The molecule has 2 aromatic rings. The number of ether oxygens (including phenoxy) is 3. The first-order chi connectivity index (χ1) is 25.9. The second-order valence-electron chi connectivity index (χ2n) is 18.1. The number of carbonyl (C=O) groups excluding carboxylic acids is 1. The smallest absolute Gasteiger partial charge is 0.349 e. The third kappa shape index (κ3) is 12.1. The number of carbonyl (C=O) groups is 1. The Hall–Kier alpha value is -1.26. The maximum Gasteiger partial charge on any atom is 0.349 e. The van der Waals surface area contributed by atoms with Crippen molar-refractivity contribution in [3.05, 3.63) is 71.8 Å². The monoisotopic (exact) mass is 862 g/mol. The van der Waals surface area contributed by atoms with Crippen molar-refractivity contribution in [2.45, 2.75) is 184 Å². The Balaban J connectivity index is 1.51. The van der Waals surface area contributed by atoms with Gasteiger partial charge in [0.2, 0.25) is 0 Å². The van der Waals surface area contributed by atoms with Crippen molar-refractivity contribution in [1.82, 2.24) is 0 Å². The first-order valence-electron chi connectivity index (χ1n) is 20.7. The number of aliphatic hydroxyl groups is 1. The van der Waals surface area contributed by atoms with Crippen LogP contribution in [0.4, 0.5) is 0 Å². The first kappa shape index (κ1) is 46.4. The van der Waals surface area contributed by atoms with Gasteiger partial charge in [0.15, 0.2) is 8.32 Å². The molecule has 0 spiro atoms. The molecular formula is C44H71BrO8Si2. The van der Waals surface area contributed by atoms with E-state index in [2.05, 4.69) is 85.2 Å². The fourth-order valence-corrected chi connectivity index (χ4v) is 17.7. The number of hydrogen-bond acceptors (Lipinski definition) is 8. The fourth-order valence-electron chi connectivity index (χ4n) is 8.66. The molecular weight excluding hydrogens is 793 g/mol. The number of ketones is 1. The van der Waals surface area contributed by atoms with Crippen LogP contribution in [0.25, 0.3) is 0 Å². The van der Waals surface area contributed by atoms with Gasteiger partial charge in [-0.3, -0.25) is 4.79 Å². The highest BCUT2D eigenvalue weighted by Gasteiger charge is 2.62. The van der Waals surface area contributed by atoms with Crippen LogP contribution >= 0.6 is 15.9 Å². The number of hydrogen-bond donors (Lipinski definition) is 1. The molecule has 2 fully saturated rings. The molecule has 2 saturated heterocycles. The van der Waals surface area contributed by atoms with Crippen molar-refractivity contribution >= 4 is 38.6 Å². The number of halogens is 1. The lowest BCUT2D eigenvalue weighted by molar-refractivity contribution is -0.138. The number of Topliss-reactive ketones (excluding diaryl/α,β-unsaturated/α-hetero) is 1. The Bertz CT molecular complexity index is 1410. The lowest BCUT2D eigenvalue weighted by Crippen LogP contribution is -2.66. The average molecular weight is 864 g/mol. The highest BCUT2D eigenvalue weighted by Crippen LogP contribution is 2.55. The van der Waals surface area contributed by atoms with Crippen molar-refractivity contribution < 1.29 is 37.4 Å². The predicted molar refractivity (Wildman–Crippen MR) is 229 cm³/mol. The molecule has 2 aliphatic heterocycles. The van der Waals surface area contributed by atoms with Gasteiger partial charge in [-0.2, -0.15) is 0 Å². The summed E-state index contributed by atoms with van der Waals surface area (Å²) in [5, 5.41) is 11.0. The molecule has 55 heavy (non-hydrogen) atoms. The number of benzene rings is 2. The van der Waals surface area contributed by atoms with E-state index < -0.39 is 33.9 Å². The zero-order chi connectivity index (χ0) is 40.4. The van der Waals surface area contributed by atoms with Gasteiger partial charge in [-0.1, -0.05) is 146 Å². The Morgan fingerprint density at radius 2 is 1.45 bits per heavy atom. The number of rotatable bonds is 18. The lowest BCUT2D eigenvalue weighted by atomic mass is 9.99. The van der Waals surface area contributed by atoms with Crippen LogP contribution in [0.2, 0.25) is 27.7 Å². The van der Waals surface area contributed by atoms with E-state index in [1.54, 1.807) is 0 Å². The standard InChI is InChI=1S/C44H71BrO8Si2/c1-11-54(12-2,32(3)4)52-42-31-50-55(43(5,6)7,44(8,9)10)53-41(42)27-35(45)37(47)28-40-36(46)23-24-38(49-30-34-21-17-14-18-22-34)39(51-40)25-26-48-29-33-19-15-13-16-20-33/h13-22,32,35-36,38-42,46H,11-12,23-31H2,1-10H3/t35?,36-,38+,39-,40+,41-,42+/m0/s1. The van der Waals surface area contributed by atoms with Crippen molar-refractivity contribution in [1.29, 1.82) is 0 Å². The SMILES string of the molecule is CC[Si](CC)(O[C@@H]1CO[Si](C(C)(C)C)(C(C)(C)C)O[C@H]1CC(Br)C(=O)C[C@H]1O[C@@H](CCOCc2ccccc2)[C@H](OCc2ccccc2)CC[C@@H]1O)C(C)C. The molecule has 4 rings (SSSR count). The van der Waals surface area contributed by atoms with Crippen LogP contribution in [0.3, 0.4) is 0 Å². The van der Waals surface area contributed by atoms with Gasteiger partial charge in [-0.15, -0.1) is 0 Å². The Labute approximate surface area is 343 Å². The van der Waals surface area contributed by atoms with Gasteiger partial charge in [-0.25, -0.2) is 0 Å². The molecule has 2 aliphatic rings. The van der Waals surface area contributed by atoms with E-state index in [1.807, 2.05) is 60.7 Å². The summed E-state index contributed by atoms with van der Waals surface area (Å²) in [6.07, 6.45) is -0.441. The minimum absolute atomic E-state index is 0.0160. The van der Waals surface area contributed by atoms with Crippen LogP contribution in [0.15, 0.2) is 60.7 Å². The van der Waals surface area contributed by atoms with Crippen LogP contribution in [-0.2, 0) is 45.5 Å². The molecule has 0 aliphatic carbocycles. The lowest BCUT2D eigenvalue weighted by Gasteiger charge is -2.56. The quantitative estimate of drug-likeness (QED) is 0.0900. The Kier molecular flexibility index (Phi) is 17.4. The second-order valence-corrected chi connectivity index (χ2v) is 28.9. The molecule has 0 bridgehead atoms. The van der Waals surface area contributed by atoms with E-state index in [0.29, 0.717) is 57.7 Å². The molecule has 2 heterocycles. The minimum atomic E-state index is -2.85. The van der Waals surface area contributed by atoms with E-state index in [9.17, 15) is 9.90 Å². The van der Waals surface area contributed by atoms with Crippen molar-refractivity contribution in [2.24, 2.45) is 0 Å². The first-order valence-corrected chi connectivity index (χ1v) is 25.9. The van der Waals surface area contributed by atoms with Crippen LogP contribution in [0, 0.1) is 0 Å². The maximum absolute atomic E-state index is 14.2. The third-order valence-corrected chi connectivity index (χ3v) is 23.2. The van der Waals surface area contributed by atoms with Crippen molar-refractivity contribution in [3.63, 3.8) is 0 Å². The minimum Gasteiger partial charge on any atom is -0.409 e. The normalized spacial score (nSPS) is 25.8. The summed E-state index contributed by atoms with van der Waals surface area (Å²) >= 11 is 3.82. The van der Waals surface area contributed by atoms with Gasteiger partial charge in [-0.05, 0) is 54.4 Å². The molecule has 8 nitrogen and oxygen atoms in total. The summed E-state index contributed by atoms with van der Waals surface area (Å²) in [4.78, 5) is 13.7. The molecule has 1 N–H and O–H groups in total. The van der Waals surface area contributed by atoms with Gasteiger partial charge < -0.3 is 32.6 Å². The number of alkyl halides is 1. The topological polar surface area (TPSA) is 92.7 Å². The van der Waals surface area contributed by atoms with E-state index in [4.69, 9.17) is 27.5 Å². The molecule has 0 aromatic heterocycles. The van der Waals surface area contributed by atoms with Gasteiger partial charge in [0, 0.05) is 23.1 Å². The zero-order valence-corrected chi connectivity index (χ0v) is 38.9. The summed E-state index contributed by atoms with van der Waals surface area (Å²) in [6.45, 7) is 24.2. The summed E-state index contributed by atoms with van der Waals surface area (Å²) in [6, 6.07) is 22.2. The van der Waals surface area contributed by atoms with E-state index in [1.165, 1.54) is 0 Å². The maximum atomic E-state index is 14.2. The predicted octanol–water partition coefficient (Wildman–Crippen LogP) is 10.4. The van der Waals surface area contributed by atoms with Crippen LogP contribution < -0.4 is 0 Å². The van der Waals surface area contributed by atoms with E-state index >= 15 is 0 Å². The Morgan fingerprint density at radius 1 is 0.873 bits per heavy atom. The molecule has 7 atom stereocenters. The number of aliphatic hydroxyl groups excluding tert-OH is 1.